The number of rotatable bonds is 6. The van der Waals surface area contributed by atoms with Gasteiger partial charge in [0.1, 0.15) is 5.82 Å². The number of nitrogens with zero attached hydrogens (tertiary/aromatic N) is 2. The van der Waals surface area contributed by atoms with Gasteiger partial charge in [0.2, 0.25) is 0 Å². The molecule has 1 heterocycles. The van der Waals surface area contributed by atoms with E-state index < -0.39 is 5.82 Å². The van der Waals surface area contributed by atoms with Crippen molar-refractivity contribution >= 4 is 11.7 Å². The summed E-state index contributed by atoms with van der Waals surface area (Å²) in [6, 6.07) is 7.99. The van der Waals surface area contributed by atoms with Gasteiger partial charge in [-0.1, -0.05) is 12.1 Å². The standard InChI is InChI=1S/C17H20FN3O2/c1-4-23-15-13(8-5-9-14(15)18)17(22)20-11-12-7-6-10-19-16(12)21(2)3/h5-10H,4,11H2,1-3H3,(H,20,22). The highest BCUT2D eigenvalue weighted by molar-refractivity contribution is 5.97. The van der Waals surface area contributed by atoms with E-state index >= 15 is 0 Å². The largest absolute Gasteiger partial charge is 0.490 e. The van der Waals surface area contributed by atoms with Crippen LogP contribution in [0, 0.1) is 5.82 Å². The maximum atomic E-state index is 13.8. The van der Waals surface area contributed by atoms with E-state index in [1.807, 2.05) is 31.1 Å². The van der Waals surface area contributed by atoms with E-state index in [1.165, 1.54) is 12.1 Å². The maximum Gasteiger partial charge on any atom is 0.255 e. The molecule has 23 heavy (non-hydrogen) atoms. The summed E-state index contributed by atoms with van der Waals surface area (Å²) in [5.41, 5.74) is 1.06. The first-order valence-electron chi connectivity index (χ1n) is 7.35. The van der Waals surface area contributed by atoms with Crippen LogP contribution >= 0.6 is 0 Å². The second-order valence-corrected chi connectivity index (χ2v) is 5.11. The van der Waals surface area contributed by atoms with Crippen LogP contribution in [0.3, 0.4) is 0 Å². The smallest absolute Gasteiger partial charge is 0.255 e. The van der Waals surface area contributed by atoms with Gasteiger partial charge >= 0.3 is 0 Å². The van der Waals surface area contributed by atoms with Crippen molar-refractivity contribution in [3.05, 3.63) is 53.5 Å². The van der Waals surface area contributed by atoms with Crippen LogP contribution in [0.1, 0.15) is 22.8 Å². The molecule has 0 saturated carbocycles. The van der Waals surface area contributed by atoms with Gasteiger partial charge in [0.15, 0.2) is 11.6 Å². The quantitative estimate of drug-likeness (QED) is 0.890. The van der Waals surface area contributed by atoms with E-state index in [2.05, 4.69) is 10.3 Å². The van der Waals surface area contributed by atoms with Gasteiger partial charge in [-0.15, -0.1) is 0 Å². The molecule has 0 atom stereocenters. The number of carbonyl (C=O) groups excluding carboxylic acids is 1. The molecule has 1 aromatic heterocycles. The number of amides is 1. The number of hydrogen-bond acceptors (Lipinski definition) is 4. The molecular weight excluding hydrogens is 297 g/mol. The number of para-hydroxylation sites is 1. The molecule has 5 nitrogen and oxygen atoms in total. The number of halogens is 1. The number of aromatic nitrogens is 1. The average molecular weight is 317 g/mol. The van der Waals surface area contributed by atoms with Gasteiger partial charge in [-0.05, 0) is 25.1 Å². The fourth-order valence-electron chi connectivity index (χ4n) is 2.22. The van der Waals surface area contributed by atoms with E-state index in [4.69, 9.17) is 4.74 Å². The highest BCUT2D eigenvalue weighted by Crippen LogP contribution is 2.23. The van der Waals surface area contributed by atoms with E-state index in [0.717, 1.165) is 11.4 Å². The van der Waals surface area contributed by atoms with Gasteiger partial charge in [-0.2, -0.15) is 0 Å². The zero-order chi connectivity index (χ0) is 16.8. The first kappa shape index (κ1) is 16.7. The topological polar surface area (TPSA) is 54.5 Å². The maximum absolute atomic E-state index is 13.8. The molecule has 1 amide bonds. The van der Waals surface area contributed by atoms with Gasteiger partial charge in [0, 0.05) is 32.4 Å². The first-order chi connectivity index (χ1) is 11.0. The Bertz CT molecular complexity index is 689. The number of hydrogen-bond donors (Lipinski definition) is 1. The predicted molar refractivity (Wildman–Crippen MR) is 87.3 cm³/mol. The van der Waals surface area contributed by atoms with Gasteiger partial charge in [0.25, 0.3) is 5.91 Å². The Kier molecular flexibility index (Phi) is 5.51. The number of nitrogens with one attached hydrogen (secondary N) is 1. The summed E-state index contributed by atoms with van der Waals surface area (Å²) >= 11 is 0. The van der Waals surface area contributed by atoms with Crippen LogP contribution in [0.15, 0.2) is 36.5 Å². The van der Waals surface area contributed by atoms with Gasteiger partial charge in [0.05, 0.1) is 12.2 Å². The van der Waals surface area contributed by atoms with E-state index in [0.29, 0.717) is 6.54 Å². The third-order valence-corrected chi connectivity index (χ3v) is 3.23. The second kappa shape index (κ2) is 7.58. The molecule has 0 radical (unpaired) electrons. The Morgan fingerprint density at radius 2 is 2.09 bits per heavy atom. The molecule has 1 N–H and O–H groups in total. The average Bonchev–Trinajstić information content (AvgIpc) is 2.54. The fraction of sp³-hybridized carbons (Fsp3) is 0.294. The lowest BCUT2D eigenvalue weighted by molar-refractivity contribution is 0.0946. The first-order valence-corrected chi connectivity index (χ1v) is 7.35. The lowest BCUT2D eigenvalue weighted by Crippen LogP contribution is -2.25. The van der Waals surface area contributed by atoms with Crippen molar-refractivity contribution in [1.29, 1.82) is 0 Å². The molecule has 1 aromatic carbocycles. The number of ether oxygens (including phenoxy) is 1. The van der Waals surface area contributed by atoms with E-state index in [-0.39, 0.29) is 23.8 Å². The van der Waals surface area contributed by atoms with Crippen LogP contribution < -0.4 is 15.0 Å². The van der Waals surface area contributed by atoms with Crippen molar-refractivity contribution in [3.8, 4) is 5.75 Å². The minimum absolute atomic E-state index is 0.0217. The molecule has 0 aliphatic carbocycles. The molecule has 0 fully saturated rings. The van der Waals surface area contributed by atoms with Crippen molar-refractivity contribution in [3.63, 3.8) is 0 Å². The molecule has 0 aliphatic rings. The molecule has 6 heteroatoms. The Hall–Kier alpha value is -2.63. The van der Waals surface area contributed by atoms with Crippen molar-refractivity contribution in [2.75, 3.05) is 25.6 Å². The summed E-state index contributed by atoms with van der Waals surface area (Å²) < 4.78 is 19.1. The summed E-state index contributed by atoms with van der Waals surface area (Å²) in [5.74, 6) is -0.181. The molecule has 0 bridgehead atoms. The number of pyridine rings is 1. The minimum atomic E-state index is -0.546. The Labute approximate surface area is 135 Å². The van der Waals surface area contributed by atoms with Gasteiger partial charge in [-0.3, -0.25) is 4.79 Å². The summed E-state index contributed by atoms with van der Waals surface area (Å²) in [4.78, 5) is 18.5. The van der Waals surface area contributed by atoms with Crippen LogP contribution in [-0.4, -0.2) is 31.6 Å². The molecule has 0 spiro atoms. The normalized spacial score (nSPS) is 10.3. The Morgan fingerprint density at radius 1 is 1.30 bits per heavy atom. The molecule has 0 aliphatic heterocycles. The molecule has 2 aromatic rings. The SMILES string of the molecule is CCOc1c(F)cccc1C(=O)NCc1cccnc1N(C)C. The van der Waals surface area contributed by atoms with E-state index in [9.17, 15) is 9.18 Å². The minimum Gasteiger partial charge on any atom is -0.490 e. The van der Waals surface area contributed by atoms with Crippen molar-refractivity contribution in [2.24, 2.45) is 0 Å². The lowest BCUT2D eigenvalue weighted by atomic mass is 10.1. The van der Waals surface area contributed by atoms with Crippen LogP contribution in [0.5, 0.6) is 5.75 Å². The monoisotopic (exact) mass is 317 g/mol. The van der Waals surface area contributed by atoms with Crippen molar-refractivity contribution in [2.45, 2.75) is 13.5 Å². The molecule has 0 saturated heterocycles. The Morgan fingerprint density at radius 3 is 2.78 bits per heavy atom. The third kappa shape index (κ3) is 3.97. The van der Waals surface area contributed by atoms with Crippen LogP contribution in [0.4, 0.5) is 10.2 Å². The number of benzene rings is 1. The van der Waals surface area contributed by atoms with Crippen LogP contribution in [0.25, 0.3) is 0 Å². The fourth-order valence-corrected chi connectivity index (χ4v) is 2.22. The van der Waals surface area contributed by atoms with Gasteiger partial charge < -0.3 is 15.0 Å². The molecule has 0 unspecified atom stereocenters. The zero-order valence-electron chi connectivity index (χ0n) is 13.5. The summed E-state index contributed by atoms with van der Waals surface area (Å²) in [7, 11) is 3.76. The summed E-state index contributed by atoms with van der Waals surface area (Å²) in [6.45, 7) is 2.32. The Balaban J connectivity index is 2.16. The lowest BCUT2D eigenvalue weighted by Gasteiger charge is -2.16. The zero-order valence-corrected chi connectivity index (χ0v) is 13.5. The molecule has 122 valence electrons. The predicted octanol–water partition coefficient (Wildman–Crippen LogP) is 2.62. The van der Waals surface area contributed by atoms with Crippen LogP contribution in [0.2, 0.25) is 0 Å². The van der Waals surface area contributed by atoms with Crippen molar-refractivity contribution in [1.82, 2.24) is 10.3 Å². The van der Waals surface area contributed by atoms with Crippen LogP contribution in [-0.2, 0) is 6.54 Å². The van der Waals surface area contributed by atoms with Crippen molar-refractivity contribution < 1.29 is 13.9 Å². The van der Waals surface area contributed by atoms with Gasteiger partial charge in [-0.25, -0.2) is 9.37 Å². The molecular formula is C17H20FN3O2. The third-order valence-electron chi connectivity index (χ3n) is 3.23. The number of anilines is 1. The second-order valence-electron chi connectivity index (χ2n) is 5.11. The highest BCUT2D eigenvalue weighted by atomic mass is 19.1. The van der Waals surface area contributed by atoms with E-state index in [1.54, 1.807) is 19.2 Å². The summed E-state index contributed by atoms with van der Waals surface area (Å²) in [5, 5.41) is 2.78. The number of carbonyl (C=O) groups is 1. The summed E-state index contributed by atoms with van der Waals surface area (Å²) in [6.07, 6.45) is 1.69. The highest BCUT2D eigenvalue weighted by Gasteiger charge is 2.16. The molecule has 2 rings (SSSR count).